The Morgan fingerprint density at radius 1 is 1.12 bits per heavy atom. The summed E-state index contributed by atoms with van der Waals surface area (Å²) in [5.41, 5.74) is 1.33. The first-order chi connectivity index (χ1) is 8.29. The quantitative estimate of drug-likeness (QED) is 0.664. The zero-order valence-corrected chi connectivity index (χ0v) is 11.1. The Kier molecular flexibility index (Phi) is 7.69. The standard InChI is InChI=1S/C15H25NO/c1-14(2)7-6-11-17-12-10-16-13-15-8-4-3-5-9-15/h3-5,8-9,14,16H,6-7,10-13H2,1-2H3. The number of benzene rings is 1. The molecule has 0 aliphatic heterocycles. The zero-order valence-electron chi connectivity index (χ0n) is 11.1. The molecule has 17 heavy (non-hydrogen) atoms. The average Bonchev–Trinajstić information content (AvgIpc) is 2.33. The first-order valence-corrected chi connectivity index (χ1v) is 6.61. The van der Waals surface area contributed by atoms with Crippen LogP contribution in [0.3, 0.4) is 0 Å². The topological polar surface area (TPSA) is 21.3 Å². The number of rotatable bonds is 9. The van der Waals surface area contributed by atoms with Crippen molar-refractivity contribution in [1.29, 1.82) is 0 Å². The minimum Gasteiger partial charge on any atom is -0.380 e. The predicted molar refractivity (Wildman–Crippen MR) is 73.0 cm³/mol. The van der Waals surface area contributed by atoms with Crippen LogP contribution in [-0.2, 0) is 11.3 Å². The molecule has 1 rings (SSSR count). The molecular weight excluding hydrogens is 210 g/mol. The van der Waals surface area contributed by atoms with Crippen molar-refractivity contribution in [1.82, 2.24) is 5.32 Å². The third-order valence-corrected chi connectivity index (χ3v) is 2.67. The van der Waals surface area contributed by atoms with E-state index in [9.17, 15) is 0 Å². The Morgan fingerprint density at radius 3 is 2.59 bits per heavy atom. The van der Waals surface area contributed by atoms with Crippen molar-refractivity contribution >= 4 is 0 Å². The molecule has 1 aromatic rings. The Balaban J connectivity index is 1.88. The summed E-state index contributed by atoms with van der Waals surface area (Å²) >= 11 is 0. The van der Waals surface area contributed by atoms with E-state index in [2.05, 4.69) is 43.4 Å². The van der Waals surface area contributed by atoms with Gasteiger partial charge in [0.05, 0.1) is 6.61 Å². The molecular formula is C15H25NO. The van der Waals surface area contributed by atoms with Crippen LogP contribution in [0.1, 0.15) is 32.3 Å². The lowest BCUT2D eigenvalue weighted by atomic mass is 10.1. The van der Waals surface area contributed by atoms with Gasteiger partial charge in [-0.25, -0.2) is 0 Å². The third-order valence-electron chi connectivity index (χ3n) is 2.67. The van der Waals surface area contributed by atoms with E-state index in [1.54, 1.807) is 0 Å². The minimum atomic E-state index is 0.787. The first kappa shape index (κ1) is 14.2. The van der Waals surface area contributed by atoms with E-state index in [0.717, 1.165) is 32.2 Å². The van der Waals surface area contributed by atoms with Gasteiger partial charge in [-0.15, -0.1) is 0 Å². The van der Waals surface area contributed by atoms with Crippen molar-refractivity contribution < 1.29 is 4.74 Å². The van der Waals surface area contributed by atoms with E-state index in [-0.39, 0.29) is 0 Å². The molecule has 0 aliphatic rings. The van der Waals surface area contributed by atoms with Gasteiger partial charge >= 0.3 is 0 Å². The molecule has 0 saturated carbocycles. The second-order valence-electron chi connectivity index (χ2n) is 4.81. The maximum absolute atomic E-state index is 5.56. The molecule has 0 amide bonds. The normalized spacial score (nSPS) is 11.0. The fraction of sp³-hybridized carbons (Fsp3) is 0.600. The lowest BCUT2D eigenvalue weighted by molar-refractivity contribution is 0.129. The summed E-state index contributed by atoms with van der Waals surface area (Å²) in [6.45, 7) is 8.06. The highest BCUT2D eigenvalue weighted by Crippen LogP contribution is 2.02. The Morgan fingerprint density at radius 2 is 1.88 bits per heavy atom. The summed E-state index contributed by atoms with van der Waals surface area (Å²) < 4.78 is 5.56. The lowest BCUT2D eigenvalue weighted by Crippen LogP contribution is -2.19. The van der Waals surface area contributed by atoms with Gasteiger partial charge in [0.1, 0.15) is 0 Å². The molecule has 0 radical (unpaired) electrons. The van der Waals surface area contributed by atoms with Gasteiger partial charge in [0, 0.05) is 19.7 Å². The number of ether oxygens (including phenoxy) is 1. The van der Waals surface area contributed by atoms with Gasteiger partial charge < -0.3 is 10.1 Å². The largest absolute Gasteiger partial charge is 0.380 e. The van der Waals surface area contributed by atoms with Crippen molar-refractivity contribution in [3.05, 3.63) is 35.9 Å². The minimum absolute atomic E-state index is 0.787. The molecule has 0 spiro atoms. The van der Waals surface area contributed by atoms with Gasteiger partial charge in [-0.1, -0.05) is 44.2 Å². The summed E-state index contributed by atoms with van der Waals surface area (Å²) in [6, 6.07) is 10.5. The highest BCUT2D eigenvalue weighted by atomic mass is 16.5. The fourth-order valence-electron chi connectivity index (χ4n) is 1.67. The van der Waals surface area contributed by atoms with Crippen LogP contribution in [0.5, 0.6) is 0 Å². The van der Waals surface area contributed by atoms with Crippen molar-refractivity contribution in [2.75, 3.05) is 19.8 Å². The Labute approximate surface area is 105 Å². The molecule has 0 bridgehead atoms. The molecule has 0 heterocycles. The third kappa shape index (κ3) is 7.94. The molecule has 0 fully saturated rings. The second kappa shape index (κ2) is 9.20. The Bertz CT molecular complexity index is 272. The lowest BCUT2D eigenvalue weighted by Gasteiger charge is -2.07. The second-order valence-corrected chi connectivity index (χ2v) is 4.81. The molecule has 1 N–H and O–H groups in total. The van der Waals surface area contributed by atoms with Gasteiger partial charge in [-0.3, -0.25) is 0 Å². The van der Waals surface area contributed by atoms with Gasteiger partial charge in [-0.05, 0) is 24.3 Å². The smallest absolute Gasteiger partial charge is 0.0591 e. The average molecular weight is 235 g/mol. The number of nitrogens with one attached hydrogen (secondary N) is 1. The molecule has 0 aliphatic carbocycles. The van der Waals surface area contributed by atoms with Crippen molar-refractivity contribution in [2.45, 2.75) is 33.2 Å². The van der Waals surface area contributed by atoms with Crippen LogP contribution in [0.4, 0.5) is 0 Å². The summed E-state index contributed by atoms with van der Waals surface area (Å²) in [4.78, 5) is 0. The van der Waals surface area contributed by atoms with Crippen molar-refractivity contribution in [3.63, 3.8) is 0 Å². The zero-order chi connectivity index (χ0) is 12.3. The predicted octanol–water partition coefficient (Wildman–Crippen LogP) is 3.23. The van der Waals surface area contributed by atoms with Crippen LogP contribution in [-0.4, -0.2) is 19.8 Å². The van der Waals surface area contributed by atoms with E-state index >= 15 is 0 Å². The fourth-order valence-corrected chi connectivity index (χ4v) is 1.67. The monoisotopic (exact) mass is 235 g/mol. The van der Waals surface area contributed by atoms with E-state index in [4.69, 9.17) is 4.74 Å². The van der Waals surface area contributed by atoms with Crippen LogP contribution < -0.4 is 5.32 Å². The van der Waals surface area contributed by atoms with E-state index in [0.29, 0.717) is 0 Å². The van der Waals surface area contributed by atoms with Crippen LogP contribution in [0.15, 0.2) is 30.3 Å². The van der Waals surface area contributed by atoms with Crippen LogP contribution >= 0.6 is 0 Å². The first-order valence-electron chi connectivity index (χ1n) is 6.61. The molecule has 0 saturated heterocycles. The molecule has 2 nitrogen and oxygen atoms in total. The van der Waals surface area contributed by atoms with Crippen molar-refractivity contribution in [3.8, 4) is 0 Å². The van der Waals surface area contributed by atoms with E-state index in [1.165, 1.54) is 18.4 Å². The highest BCUT2D eigenvalue weighted by Gasteiger charge is 1.94. The SMILES string of the molecule is CC(C)CCCOCCNCc1ccccc1. The molecule has 0 atom stereocenters. The van der Waals surface area contributed by atoms with E-state index in [1.807, 2.05) is 6.07 Å². The van der Waals surface area contributed by atoms with Crippen LogP contribution in [0.2, 0.25) is 0 Å². The highest BCUT2D eigenvalue weighted by molar-refractivity contribution is 5.14. The number of hydrogen-bond acceptors (Lipinski definition) is 2. The van der Waals surface area contributed by atoms with Gasteiger partial charge in [0.15, 0.2) is 0 Å². The van der Waals surface area contributed by atoms with Crippen LogP contribution in [0, 0.1) is 5.92 Å². The number of hydrogen-bond donors (Lipinski definition) is 1. The van der Waals surface area contributed by atoms with Crippen LogP contribution in [0.25, 0.3) is 0 Å². The maximum atomic E-state index is 5.56. The van der Waals surface area contributed by atoms with E-state index < -0.39 is 0 Å². The molecule has 0 unspecified atom stereocenters. The summed E-state index contributed by atoms with van der Waals surface area (Å²) in [7, 11) is 0. The van der Waals surface area contributed by atoms with Gasteiger partial charge in [0.25, 0.3) is 0 Å². The van der Waals surface area contributed by atoms with Gasteiger partial charge in [0.2, 0.25) is 0 Å². The Hall–Kier alpha value is -0.860. The summed E-state index contributed by atoms with van der Waals surface area (Å²) in [5, 5.41) is 3.38. The maximum Gasteiger partial charge on any atom is 0.0591 e. The summed E-state index contributed by atoms with van der Waals surface area (Å²) in [6.07, 6.45) is 2.44. The molecule has 96 valence electrons. The van der Waals surface area contributed by atoms with Gasteiger partial charge in [-0.2, -0.15) is 0 Å². The summed E-state index contributed by atoms with van der Waals surface area (Å²) in [5.74, 6) is 0.787. The molecule has 0 aromatic heterocycles. The van der Waals surface area contributed by atoms with Crippen molar-refractivity contribution in [2.24, 2.45) is 5.92 Å². The molecule has 2 heteroatoms. The molecule has 1 aromatic carbocycles.